The smallest absolute Gasteiger partial charge is 0.226 e. The molecular weight excluding hydrogens is 278 g/mol. The van der Waals surface area contributed by atoms with Gasteiger partial charge in [-0.3, -0.25) is 9.59 Å². The lowest BCUT2D eigenvalue weighted by Gasteiger charge is -2.10. The van der Waals surface area contributed by atoms with E-state index in [4.69, 9.17) is 0 Å². The molecule has 2 rings (SSSR count). The molecule has 0 aliphatic heterocycles. The Morgan fingerprint density at radius 2 is 1.41 bits per heavy atom. The molecule has 2 aromatic rings. The molecule has 0 spiro atoms. The van der Waals surface area contributed by atoms with Crippen LogP contribution in [-0.2, 0) is 16.1 Å². The molecule has 116 valence electrons. The highest BCUT2D eigenvalue weighted by Crippen LogP contribution is 2.14. The Morgan fingerprint density at radius 3 is 1.91 bits per heavy atom. The van der Waals surface area contributed by atoms with Gasteiger partial charge >= 0.3 is 0 Å². The van der Waals surface area contributed by atoms with Crippen molar-refractivity contribution in [1.29, 1.82) is 0 Å². The highest BCUT2D eigenvalue weighted by atomic mass is 16.2. The molecule has 0 aliphatic carbocycles. The summed E-state index contributed by atoms with van der Waals surface area (Å²) in [5, 5.41) is 5.55. The van der Waals surface area contributed by atoms with Gasteiger partial charge in [0.25, 0.3) is 0 Å². The Kier molecular flexibility index (Phi) is 4.99. The number of aromatic nitrogens is 1. The van der Waals surface area contributed by atoms with Crippen LogP contribution < -0.4 is 10.6 Å². The molecule has 0 saturated carbocycles. The summed E-state index contributed by atoms with van der Waals surface area (Å²) >= 11 is 0. The predicted octanol–water partition coefficient (Wildman–Crippen LogP) is 3.09. The fourth-order valence-corrected chi connectivity index (χ4v) is 2.33. The molecule has 0 atom stereocenters. The van der Waals surface area contributed by atoms with E-state index in [-0.39, 0.29) is 11.8 Å². The number of hydrogen-bond acceptors (Lipinski definition) is 2. The van der Waals surface area contributed by atoms with Gasteiger partial charge in [-0.1, -0.05) is 0 Å². The Hall–Kier alpha value is -2.56. The Bertz CT molecular complexity index is 652. The van der Waals surface area contributed by atoms with Crippen LogP contribution in [0.2, 0.25) is 0 Å². The number of nitrogens with one attached hydrogen (secondary N) is 2. The van der Waals surface area contributed by atoms with Gasteiger partial charge in [0.1, 0.15) is 0 Å². The van der Waals surface area contributed by atoms with Crippen molar-refractivity contribution in [2.24, 2.45) is 0 Å². The first kappa shape index (κ1) is 15.8. The van der Waals surface area contributed by atoms with Gasteiger partial charge in [0.2, 0.25) is 11.8 Å². The van der Waals surface area contributed by atoms with Crippen LogP contribution in [-0.4, -0.2) is 16.4 Å². The van der Waals surface area contributed by atoms with Crippen LogP contribution in [0.5, 0.6) is 0 Å². The van der Waals surface area contributed by atoms with Crippen LogP contribution in [0.4, 0.5) is 11.4 Å². The fourth-order valence-electron chi connectivity index (χ4n) is 2.33. The SMILES string of the molecule is CC(=O)Nc1ccc(NC(=O)CCn2c(C)ccc2C)cc1. The third-order valence-electron chi connectivity index (χ3n) is 3.47. The van der Waals surface area contributed by atoms with Crippen molar-refractivity contribution >= 4 is 23.2 Å². The summed E-state index contributed by atoms with van der Waals surface area (Å²) in [7, 11) is 0. The maximum absolute atomic E-state index is 12.0. The molecule has 0 saturated heterocycles. The van der Waals surface area contributed by atoms with Gasteiger partial charge in [0, 0.05) is 42.7 Å². The van der Waals surface area contributed by atoms with Crippen molar-refractivity contribution in [1.82, 2.24) is 4.57 Å². The van der Waals surface area contributed by atoms with Crippen LogP contribution >= 0.6 is 0 Å². The molecule has 1 aromatic carbocycles. The van der Waals surface area contributed by atoms with Crippen LogP contribution in [0.25, 0.3) is 0 Å². The van der Waals surface area contributed by atoms with Crippen LogP contribution in [0.3, 0.4) is 0 Å². The zero-order valence-electron chi connectivity index (χ0n) is 13.1. The lowest BCUT2D eigenvalue weighted by Crippen LogP contribution is -2.15. The van der Waals surface area contributed by atoms with Crippen molar-refractivity contribution in [3.63, 3.8) is 0 Å². The van der Waals surface area contributed by atoms with Gasteiger partial charge < -0.3 is 15.2 Å². The molecular formula is C17H21N3O2. The van der Waals surface area contributed by atoms with E-state index in [0.717, 1.165) is 17.1 Å². The summed E-state index contributed by atoms with van der Waals surface area (Å²) in [6, 6.07) is 11.2. The molecule has 0 unspecified atom stereocenters. The first-order valence-corrected chi connectivity index (χ1v) is 7.26. The van der Waals surface area contributed by atoms with Crippen LogP contribution in [0.1, 0.15) is 24.7 Å². The second-order valence-corrected chi connectivity index (χ2v) is 5.32. The maximum Gasteiger partial charge on any atom is 0.226 e. The molecule has 0 fully saturated rings. The van der Waals surface area contributed by atoms with Crippen molar-refractivity contribution in [2.75, 3.05) is 10.6 Å². The maximum atomic E-state index is 12.0. The number of nitrogens with zero attached hydrogens (tertiary/aromatic N) is 1. The zero-order valence-corrected chi connectivity index (χ0v) is 13.1. The molecule has 2 N–H and O–H groups in total. The van der Waals surface area contributed by atoms with Crippen LogP contribution in [0.15, 0.2) is 36.4 Å². The molecule has 2 amide bonds. The number of aryl methyl sites for hydroxylation is 2. The van der Waals surface area contributed by atoms with Crippen molar-refractivity contribution < 1.29 is 9.59 Å². The van der Waals surface area contributed by atoms with E-state index in [9.17, 15) is 9.59 Å². The minimum atomic E-state index is -0.116. The fraction of sp³-hybridized carbons (Fsp3) is 0.294. The Labute approximate surface area is 130 Å². The number of amides is 2. The molecule has 1 aromatic heterocycles. The predicted molar refractivity (Wildman–Crippen MR) is 87.9 cm³/mol. The van der Waals surface area contributed by atoms with Gasteiger partial charge in [0.15, 0.2) is 0 Å². The number of carbonyl (C=O) groups excluding carboxylic acids is 2. The van der Waals surface area contributed by atoms with Crippen molar-refractivity contribution in [3.05, 3.63) is 47.8 Å². The minimum Gasteiger partial charge on any atom is -0.349 e. The Morgan fingerprint density at radius 1 is 0.909 bits per heavy atom. The van der Waals surface area contributed by atoms with Crippen molar-refractivity contribution in [3.8, 4) is 0 Å². The third-order valence-corrected chi connectivity index (χ3v) is 3.47. The number of carbonyl (C=O) groups is 2. The lowest BCUT2D eigenvalue weighted by molar-refractivity contribution is -0.116. The number of hydrogen-bond donors (Lipinski definition) is 2. The van der Waals surface area contributed by atoms with E-state index in [0.29, 0.717) is 18.7 Å². The summed E-state index contributed by atoms with van der Waals surface area (Å²) in [5.41, 5.74) is 3.75. The summed E-state index contributed by atoms with van der Waals surface area (Å²) in [4.78, 5) is 22.9. The van der Waals surface area contributed by atoms with E-state index >= 15 is 0 Å². The molecule has 0 bridgehead atoms. The number of benzene rings is 1. The van der Waals surface area contributed by atoms with E-state index in [1.54, 1.807) is 24.3 Å². The van der Waals surface area contributed by atoms with Gasteiger partial charge in [-0.2, -0.15) is 0 Å². The molecule has 1 heterocycles. The largest absolute Gasteiger partial charge is 0.349 e. The van der Waals surface area contributed by atoms with E-state index in [2.05, 4.69) is 15.2 Å². The highest BCUT2D eigenvalue weighted by Gasteiger charge is 2.06. The first-order chi connectivity index (χ1) is 10.5. The zero-order chi connectivity index (χ0) is 16.1. The van der Waals surface area contributed by atoms with Crippen molar-refractivity contribution in [2.45, 2.75) is 33.7 Å². The molecule has 0 aliphatic rings. The third kappa shape index (κ3) is 4.22. The standard InChI is InChI=1S/C17H21N3O2/c1-12-4-5-13(2)20(12)11-10-17(22)19-16-8-6-15(7-9-16)18-14(3)21/h4-9H,10-11H2,1-3H3,(H,18,21)(H,19,22). The monoisotopic (exact) mass is 299 g/mol. The van der Waals surface area contributed by atoms with Gasteiger partial charge in [0.05, 0.1) is 0 Å². The number of rotatable bonds is 5. The van der Waals surface area contributed by atoms with Crippen LogP contribution in [0, 0.1) is 13.8 Å². The normalized spacial score (nSPS) is 10.3. The second-order valence-electron chi connectivity index (χ2n) is 5.32. The van der Waals surface area contributed by atoms with E-state index in [1.807, 2.05) is 26.0 Å². The quantitative estimate of drug-likeness (QED) is 0.891. The summed E-state index contributed by atoms with van der Waals surface area (Å²) in [6.45, 7) is 6.19. The average molecular weight is 299 g/mol. The van der Waals surface area contributed by atoms with Gasteiger partial charge in [-0.05, 0) is 50.2 Å². The average Bonchev–Trinajstić information content (AvgIpc) is 2.77. The topological polar surface area (TPSA) is 63.1 Å². The molecule has 0 radical (unpaired) electrons. The molecule has 22 heavy (non-hydrogen) atoms. The summed E-state index contributed by atoms with van der Waals surface area (Å²) < 4.78 is 2.12. The van der Waals surface area contributed by atoms with E-state index < -0.39 is 0 Å². The first-order valence-electron chi connectivity index (χ1n) is 7.26. The summed E-state index contributed by atoms with van der Waals surface area (Å²) in [6.07, 6.45) is 0.420. The Balaban J connectivity index is 1.88. The number of anilines is 2. The second kappa shape index (κ2) is 6.93. The van der Waals surface area contributed by atoms with Gasteiger partial charge in [-0.15, -0.1) is 0 Å². The van der Waals surface area contributed by atoms with E-state index in [1.165, 1.54) is 6.92 Å². The highest BCUT2D eigenvalue weighted by molar-refractivity contribution is 5.92. The summed E-state index contributed by atoms with van der Waals surface area (Å²) in [5.74, 6) is -0.144. The molecule has 5 heteroatoms. The molecule has 5 nitrogen and oxygen atoms in total. The lowest BCUT2D eigenvalue weighted by atomic mass is 10.2. The minimum absolute atomic E-state index is 0.0280. The van der Waals surface area contributed by atoms with Gasteiger partial charge in [-0.25, -0.2) is 0 Å².